The van der Waals surface area contributed by atoms with Crippen molar-refractivity contribution in [1.82, 2.24) is 0 Å². The molecule has 2 bridgehead atoms. The Labute approximate surface area is 218 Å². The molecule has 0 radical (unpaired) electrons. The molecule has 1 aromatic rings. The molecule has 2 atom stereocenters. The fourth-order valence-electron chi connectivity index (χ4n) is 7.22. The SMILES string of the molecule is CCCCCC[C@@H](C)Oc1c(F)cc(C2=CCC(C34CCC(CCCCC)(CC3)CC4)C=C2)cc1F. The molecule has 4 aliphatic carbocycles. The minimum Gasteiger partial charge on any atom is -0.485 e. The molecule has 0 amide bonds. The number of allylic oxidation sites excluding steroid dienone is 4. The van der Waals surface area contributed by atoms with Crippen molar-refractivity contribution >= 4 is 5.57 Å². The number of fused-ring (bicyclic) bond motifs is 3. The van der Waals surface area contributed by atoms with E-state index in [0.29, 0.717) is 22.3 Å². The van der Waals surface area contributed by atoms with Crippen LogP contribution in [0.3, 0.4) is 0 Å². The summed E-state index contributed by atoms with van der Waals surface area (Å²) in [6, 6.07) is 2.89. The number of benzene rings is 1. The van der Waals surface area contributed by atoms with Gasteiger partial charge in [0.05, 0.1) is 6.10 Å². The van der Waals surface area contributed by atoms with Gasteiger partial charge in [0.1, 0.15) is 0 Å². The van der Waals surface area contributed by atoms with Gasteiger partial charge in [-0.05, 0) is 111 Å². The third kappa shape index (κ3) is 6.25. The number of unbranched alkanes of at least 4 members (excludes halogenated alkanes) is 5. The summed E-state index contributed by atoms with van der Waals surface area (Å²) in [7, 11) is 0. The van der Waals surface area contributed by atoms with Crippen LogP contribution in [0.1, 0.15) is 129 Å². The lowest BCUT2D eigenvalue weighted by Crippen LogP contribution is -2.45. The second-order valence-electron chi connectivity index (χ2n) is 12.2. The molecule has 5 rings (SSSR count). The topological polar surface area (TPSA) is 9.23 Å². The Morgan fingerprint density at radius 2 is 1.53 bits per heavy atom. The summed E-state index contributed by atoms with van der Waals surface area (Å²) in [6.45, 7) is 6.37. The van der Waals surface area contributed by atoms with E-state index in [9.17, 15) is 8.78 Å². The van der Waals surface area contributed by atoms with Crippen molar-refractivity contribution in [3.8, 4) is 5.75 Å². The van der Waals surface area contributed by atoms with E-state index in [1.165, 1.54) is 89.2 Å². The third-order valence-electron chi connectivity index (χ3n) is 9.77. The van der Waals surface area contributed by atoms with E-state index >= 15 is 0 Å². The molecule has 0 saturated heterocycles. The number of rotatable bonds is 13. The molecule has 0 aliphatic heterocycles. The number of ether oxygens (including phenoxy) is 1. The van der Waals surface area contributed by atoms with Crippen molar-refractivity contribution in [3.63, 3.8) is 0 Å². The summed E-state index contributed by atoms with van der Waals surface area (Å²) in [4.78, 5) is 0. The summed E-state index contributed by atoms with van der Waals surface area (Å²) in [5, 5.41) is 0. The molecule has 1 aromatic carbocycles. The monoisotopic (exact) mass is 498 g/mol. The lowest BCUT2D eigenvalue weighted by molar-refractivity contribution is -0.0403. The number of halogens is 2. The molecule has 0 aromatic heterocycles. The van der Waals surface area contributed by atoms with Gasteiger partial charge in [-0.1, -0.05) is 70.6 Å². The second-order valence-corrected chi connectivity index (χ2v) is 12.2. The maximum Gasteiger partial charge on any atom is 0.191 e. The first-order chi connectivity index (χ1) is 17.4. The highest BCUT2D eigenvalue weighted by Crippen LogP contribution is 2.62. The van der Waals surface area contributed by atoms with Crippen LogP contribution in [0.5, 0.6) is 5.75 Å². The van der Waals surface area contributed by atoms with Crippen LogP contribution in [0.2, 0.25) is 0 Å². The van der Waals surface area contributed by atoms with Crippen LogP contribution in [0.25, 0.3) is 5.57 Å². The first-order valence-corrected chi connectivity index (χ1v) is 14.9. The number of hydrogen-bond acceptors (Lipinski definition) is 1. The van der Waals surface area contributed by atoms with Crippen LogP contribution in [0.15, 0.2) is 30.4 Å². The highest BCUT2D eigenvalue weighted by molar-refractivity contribution is 5.75. The van der Waals surface area contributed by atoms with Gasteiger partial charge in [-0.3, -0.25) is 0 Å². The summed E-state index contributed by atoms with van der Waals surface area (Å²) in [5.74, 6) is -0.870. The molecule has 1 nitrogen and oxygen atoms in total. The van der Waals surface area contributed by atoms with Crippen molar-refractivity contribution in [2.45, 2.75) is 130 Å². The van der Waals surface area contributed by atoms with Gasteiger partial charge in [-0.2, -0.15) is 0 Å². The molecule has 4 aliphatic rings. The fraction of sp³-hybridized carbons (Fsp3) is 0.697. The van der Waals surface area contributed by atoms with Crippen molar-refractivity contribution in [2.24, 2.45) is 16.7 Å². The van der Waals surface area contributed by atoms with Gasteiger partial charge in [0.25, 0.3) is 0 Å². The number of hydrogen-bond donors (Lipinski definition) is 0. The normalized spacial score (nSPS) is 28.2. The van der Waals surface area contributed by atoms with E-state index in [1.54, 1.807) is 0 Å². The van der Waals surface area contributed by atoms with Crippen LogP contribution in [0.4, 0.5) is 8.78 Å². The maximum absolute atomic E-state index is 14.9. The lowest BCUT2D eigenvalue weighted by Gasteiger charge is -2.56. The molecular formula is C33H48F2O. The average Bonchev–Trinajstić information content (AvgIpc) is 2.90. The van der Waals surface area contributed by atoms with Gasteiger partial charge in [-0.25, -0.2) is 8.78 Å². The van der Waals surface area contributed by atoms with E-state index in [4.69, 9.17) is 4.74 Å². The molecule has 0 heterocycles. The summed E-state index contributed by atoms with van der Waals surface area (Å²) in [6.07, 6.45) is 26.5. The zero-order valence-electron chi connectivity index (χ0n) is 23.0. The summed E-state index contributed by atoms with van der Waals surface area (Å²) < 4.78 is 35.5. The molecular weight excluding hydrogens is 450 g/mol. The Balaban J connectivity index is 1.34. The van der Waals surface area contributed by atoms with Crippen molar-refractivity contribution in [1.29, 1.82) is 0 Å². The molecule has 200 valence electrons. The van der Waals surface area contributed by atoms with E-state index in [1.807, 2.05) is 6.92 Å². The van der Waals surface area contributed by atoms with Crippen molar-refractivity contribution in [3.05, 3.63) is 47.6 Å². The summed E-state index contributed by atoms with van der Waals surface area (Å²) >= 11 is 0. The van der Waals surface area contributed by atoms with Crippen LogP contribution in [-0.2, 0) is 0 Å². The Morgan fingerprint density at radius 3 is 2.11 bits per heavy atom. The van der Waals surface area contributed by atoms with Gasteiger partial charge >= 0.3 is 0 Å². The Kier molecular flexibility index (Phi) is 9.34. The fourth-order valence-corrected chi connectivity index (χ4v) is 7.22. The first-order valence-electron chi connectivity index (χ1n) is 14.9. The lowest BCUT2D eigenvalue weighted by atomic mass is 9.48. The molecule has 3 saturated carbocycles. The van der Waals surface area contributed by atoms with Crippen LogP contribution in [-0.4, -0.2) is 6.10 Å². The minimum atomic E-state index is -0.598. The van der Waals surface area contributed by atoms with Gasteiger partial charge < -0.3 is 4.74 Å². The molecule has 0 spiro atoms. The Bertz CT molecular complexity index is 882. The summed E-state index contributed by atoms with van der Waals surface area (Å²) in [5.41, 5.74) is 2.61. The molecule has 36 heavy (non-hydrogen) atoms. The quantitative estimate of drug-likeness (QED) is 0.246. The Morgan fingerprint density at radius 1 is 0.889 bits per heavy atom. The molecule has 3 fully saturated rings. The van der Waals surface area contributed by atoms with Gasteiger partial charge in [0.2, 0.25) is 0 Å². The molecule has 3 heteroatoms. The largest absolute Gasteiger partial charge is 0.485 e. The van der Waals surface area contributed by atoms with Crippen LogP contribution >= 0.6 is 0 Å². The second kappa shape index (κ2) is 12.3. The Hall–Kier alpha value is -1.64. The third-order valence-corrected chi connectivity index (χ3v) is 9.77. The smallest absolute Gasteiger partial charge is 0.191 e. The van der Waals surface area contributed by atoms with Gasteiger partial charge in [-0.15, -0.1) is 0 Å². The standard InChI is InChI=1S/C33H48F2O/c1-4-6-8-9-11-25(3)36-31-29(34)23-27(24-30(31)35)26-12-14-28(15-13-26)33-20-17-32(18-21-33,19-22-33)16-10-7-5-2/h12-14,23-25,28H,4-11,15-22H2,1-3H3/t25-,28?,32?,33?/m1/s1. The molecule has 0 N–H and O–H groups in total. The zero-order valence-corrected chi connectivity index (χ0v) is 23.0. The van der Waals surface area contributed by atoms with Gasteiger partial charge in [0, 0.05) is 0 Å². The predicted octanol–water partition coefficient (Wildman–Crippen LogP) is 10.6. The maximum atomic E-state index is 14.9. The zero-order chi connectivity index (χ0) is 25.6. The van der Waals surface area contributed by atoms with Gasteiger partial charge in [0.15, 0.2) is 17.4 Å². The highest BCUT2D eigenvalue weighted by Gasteiger charge is 2.50. The van der Waals surface area contributed by atoms with E-state index in [2.05, 4.69) is 32.1 Å². The predicted molar refractivity (Wildman–Crippen MR) is 147 cm³/mol. The van der Waals surface area contributed by atoms with E-state index in [0.717, 1.165) is 31.3 Å². The first kappa shape index (κ1) is 27.4. The molecule has 1 unspecified atom stereocenters. The highest BCUT2D eigenvalue weighted by atomic mass is 19.1. The van der Waals surface area contributed by atoms with Crippen LogP contribution < -0.4 is 4.74 Å². The minimum absolute atomic E-state index is 0.193. The van der Waals surface area contributed by atoms with Crippen molar-refractivity contribution < 1.29 is 13.5 Å². The average molecular weight is 499 g/mol. The van der Waals surface area contributed by atoms with E-state index in [-0.39, 0.29) is 11.9 Å². The van der Waals surface area contributed by atoms with E-state index < -0.39 is 11.6 Å². The van der Waals surface area contributed by atoms with Crippen LogP contribution in [0, 0.1) is 28.4 Å². The van der Waals surface area contributed by atoms with Crippen molar-refractivity contribution in [2.75, 3.05) is 0 Å².